The summed E-state index contributed by atoms with van der Waals surface area (Å²) in [6.45, 7) is 2.92. The van der Waals surface area contributed by atoms with Crippen molar-refractivity contribution in [2.24, 2.45) is 0 Å². The Morgan fingerprint density at radius 2 is 2.00 bits per heavy atom. The fourth-order valence-electron chi connectivity index (χ4n) is 1.31. The second-order valence-corrected chi connectivity index (χ2v) is 4.20. The summed E-state index contributed by atoms with van der Waals surface area (Å²) in [5.41, 5.74) is 2.54. The van der Waals surface area contributed by atoms with E-state index < -0.39 is 0 Å². The summed E-state index contributed by atoms with van der Waals surface area (Å²) in [5.74, 6) is 0. The molecule has 15 heavy (non-hydrogen) atoms. The van der Waals surface area contributed by atoms with Crippen molar-refractivity contribution in [3.05, 3.63) is 35.4 Å². The third-order valence-electron chi connectivity index (χ3n) is 2.16. The van der Waals surface area contributed by atoms with Crippen LogP contribution in [-0.4, -0.2) is 21.8 Å². The van der Waals surface area contributed by atoms with Gasteiger partial charge in [-0.1, -0.05) is 39.4 Å². The van der Waals surface area contributed by atoms with Crippen molar-refractivity contribution >= 4 is 16.7 Å². The summed E-state index contributed by atoms with van der Waals surface area (Å²) in [6, 6.07) is 8.48. The molecule has 0 unspecified atom stereocenters. The predicted octanol–water partition coefficient (Wildman–Crippen LogP) is 1.88. The molecule has 0 atom stereocenters. The molecule has 2 rings (SSSR count). The van der Waals surface area contributed by atoms with Gasteiger partial charge in [-0.05, 0) is 17.7 Å². The van der Waals surface area contributed by atoms with Crippen molar-refractivity contribution in [3.8, 4) is 0 Å². The number of hydrogen-bond acceptors (Lipinski definition) is 5. The Kier molecular flexibility index (Phi) is 2.91. The number of aromatic nitrogens is 3. The molecular weight excluding hydrogens is 208 g/mol. The van der Waals surface area contributed by atoms with Crippen molar-refractivity contribution in [2.75, 3.05) is 11.9 Å². The fourth-order valence-corrected chi connectivity index (χ4v) is 1.73. The quantitative estimate of drug-likeness (QED) is 0.792. The largest absolute Gasteiger partial charge is 0.344 e. The van der Waals surface area contributed by atoms with Crippen LogP contribution in [0.1, 0.15) is 11.1 Å². The van der Waals surface area contributed by atoms with Crippen LogP contribution in [0.3, 0.4) is 0 Å². The molecule has 0 aliphatic heterocycles. The number of benzene rings is 1. The number of rotatable bonds is 3. The standard InChI is InChI=1S/C10H12N4S/c1-8-3-5-9(6-4-8)7-14(2)10-11-12-13-15-10/h3-6H,7H2,1-2H3. The zero-order valence-electron chi connectivity index (χ0n) is 8.71. The molecule has 0 N–H and O–H groups in total. The van der Waals surface area contributed by atoms with E-state index in [9.17, 15) is 0 Å². The second-order valence-electron chi connectivity index (χ2n) is 3.49. The maximum atomic E-state index is 3.91. The lowest BCUT2D eigenvalue weighted by atomic mass is 10.1. The van der Waals surface area contributed by atoms with Gasteiger partial charge < -0.3 is 4.90 Å². The topological polar surface area (TPSA) is 41.9 Å². The molecule has 78 valence electrons. The lowest BCUT2D eigenvalue weighted by Crippen LogP contribution is -2.15. The van der Waals surface area contributed by atoms with Crippen molar-refractivity contribution in [2.45, 2.75) is 13.5 Å². The number of anilines is 1. The highest BCUT2D eigenvalue weighted by Gasteiger charge is 2.05. The lowest BCUT2D eigenvalue weighted by Gasteiger charge is -2.14. The Morgan fingerprint density at radius 3 is 2.60 bits per heavy atom. The Bertz CT molecular complexity index is 409. The molecule has 1 heterocycles. The molecule has 1 aromatic carbocycles. The first kappa shape index (κ1) is 10.0. The van der Waals surface area contributed by atoms with Crippen LogP contribution in [0.25, 0.3) is 0 Å². The molecule has 2 aromatic rings. The molecule has 0 saturated heterocycles. The Morgan fingerprint density at radius 1 is 1.27 bits per heavy atom. The summed E-state index contributed by atoms with van der Waals surface area (Å²) in [4.78, 5) is 2.04. The first-order valence-electron chi connectivity index (χ1n) is 4.67. The van der Waals surface area contributed by atoms with Gasteiger partial charge in [-0.25, -0.2) is 0 Å². The Labute approximate surface area is 92.7 Å². The molecule has 5 heteroatoms. The summed E-state index contributed by atoms with van der Waals surface area (Å²) in [5, 5.41) is 8.33. The van der Waals surface area contributed by atoms with Gasteiger partial charge in [0, 0.05) is 25.1 Å². The van der Waals surface area contributed by atoms with Gasteiger partial charge in [-0.2, -0.15) is 0 Å². The van der Waals surface area contributed by atoms with Crippen LogP contribution < -0.4 is 4.90 Å². The number of hydrogen-bond donors (Lipinski definition) is 0. The highest BCUT2D eigenvalue weighted by molar-refractivity contribution is 7.09. The minimum Gasteiger partial charge on any atom is -0.344 e. The van der Waals surface area contributed by atoms with E-state index in [0.717, 1.165) is 11.7 Å². The van der Waals surface area contributed by atoms with E-state index in [1.165, 1.54) is 22.7 Å². The highest BCUT2D eigenvalue weighted by Crippen LogP contribution is 2.14. The summed E-state index contributed by atoms with van der Waals surface area (Å²) in [6.07, 6.45) is 0. The molecule has 0 bridgehead atoms. The van der Waals surface area contributed by atoms with E-state index >= 15 is 0 Å². The van der Waals surface area contributed by atoms with Crippen molar-refractivity contribution in [1.82, 2.24) is 14.8 Å². The van der Waals surface area contributed by atoms with E-state index in [-0.39, 0.29) is 0 Å². The van der Waals surface area contributed by atoms with Gasteiger partial charge >= 0.3 is 0 Å². The molecule has 0 amide bonds. The lowest BCUT2D eigenvalue weighted by molar-refractivity contribution is 0.873. The van der Waals surface area contributed by atoms with E-state index in [2.05, 4.69) is 46.0 Å². The normalized spacial score (nSPS) is 10.3. The van der Waals surface area contributed by atoms with Crippen molar-refractivity contribution < 1.29 is 0 Å². The molecule has 4 nitrogen and oxygen atoms in total. The molecular formula is C10H12N4S. The third kappa shape index (κ3) is 2.50. The van der Waals surface area contributed by atoms with Crippen LogP contribution in [-0.2, 0) is 6.54 Å². The molecule has 1 aromatic heterocycles. The molecule has 0 aliphatic rings. The van der Waals surface area contributed by atoms with Gasteiger partial charge in [-0.15, -0.1) is 0 Å². The van der Waals surface area contributed by atoms with Gasteiger partial charge in [-0.3, -0.25) is 0 Å². The molecule has 0 spiro atoms. The average molecular weight is 220 g/mol. The summed E-state index contributed by atoms with van der Waals surface area (Å²) in [7, 11) is 1.99. The first-order valence-corrected chi connectivity index (χ1v) is 5.45. The van der Waals surface area contributed by atoms with Crippen molar-refractivity contribution in [3.63, 3.8) is 0 Å². The highest BCUT2D eigenvalue weighted by atomic mass is 32.1. The number of aryl methyl sites for hydroxylation is 1. The van der Waals surface area contributed by atoms with Crippen LogP contribution in [0.5, 0.6) is 0 Å². The maximum absolute atomic E-state index is 3.91. The zero-order valence-corrected chi connectivity index (χ0v) is 9.53. The van der Waals surface area contributed by atoms with Crippen LogP contribution in [0.4, 0.5) is 5.13 Å². The van der Waals surface area contributed by atoms with Crippen LogP contribution in [0.2, 0.25) is 0 Å². The molecule has 0 fully saturated rings. The summed E-state index contributed by atoms with van der Waals surface area (Å²) >= 11 is 1.31. The predicted molar refractivity (Wildman–Crippen MR) is 61.0 cm³/mol. The van der Waals surface area contributed by atoms with E-state index in [1.54, 1.807) is 0 Å². The van der Waals surface area contributed by atoms with Crippen LogP contribution in [0, 0.1) is 6.92 Å². The SMILES string of the molecule is Cc1ccc(CN(C)c2nnns2)cc1. The smallest absolute Gasteiger partial charge is 0.227 e. The minimum atomic E-state index is 0.831. The van der Waals surface area contributed by atoms with Gasteiger partial charge in [0.05, 0.1) is 0 Å². The van der Waals surface area contributed by atoms with Crippen LogP contribution in [0.15, 0.2) is 24.3 Å². The van der Waals surface area contributed by atoms with Crippen LogP contribution >= 0.6 is 11.5 Å². The van der Waals surface area contributed by atoms with E-state index in [1.807, 2.05) is 11.9 Å². The third-order valence-corrected chi connectivity index (χ3v) is 2.87. The molecule has 0 saturated carbocycles. The Balaban J connectivity index is 2.06. The van der Waals surface area contributed by atoms with Gasteiger partial charge in [0.2, 0.25) is 5.13 Å². The van der Waals surface area contributed by atoms with Gasteiger partial charge in [0.25, 0.3) is 0 Å². The second kappa shape index (κ2) is 4.35. The minimum absolute atomic E-state index is 0.831. The monoisotopic (exact) mass is 220 g/mol. The van der Waals surface area contributed by atoms with Gasteiger partial charge in [0.15, 0.2) is 0 Å². The maximum Gasteiger partial charge on any atom is 0.227 e. The fraction of sp³-hybridized carbons (Fsp3) is 0.300. The molecule has 0 radical (unpaired) electrons. The summed E-state index contributed by atoms with van der Waals surface area (Å²) < 4.78 is 3.74. The first-order chi connectivity index (χ1) is 7.25. The van der Waals surface area contributed by atoms with E-state index in [0.29, 0.717) is 0 Å². The van der Waals surface area contributed by atoms with E-state index in [4.69, 9.17) is 0 Å². The number of nitrogens with zero attached hydrogens (tertiary/aromatic N) is 4. The molecule has 0 aliphatic carbocycles. The van der Waals surface area contributed by atoms with Crippen molar-refractivity contribution in [1.29, 1.82) is 0 Å². The Hall–Kier alpha value is -1.49. The zero-order chi connectivity index (χ0) is 10.7. The van der Waals surface area contributed by atoms with Gasteiger partial charge in [0.1, 0.15) is 0 Å². The average Bonchev–Trinajstić information content (AvgIpc) is 2.74.